The summed E-state index contributed by atoms with van der Waals surface area (Å²) in [7, 11) is 2.23. The molecule has 0 aromatic rings. The second-order valence-corrected chi connectivity index (χ2v) is 4.01. The minimum absolute atomic E-state index is 0.618. The number of nitrogens with zero attached hydrogens (tertiary/aromatic N) is 1. The lowest BCUT2D eigenvalue weighted by molar-refractivity contribution is 0.122. The van der Waals surface area contributed by atoms with Gasteiger partial charge < -0.3 is 4.90 Å². The van der Waals surface area contributed by atoms with E-state index in [1.807, 2.05) is 0 Å². The second kappa shape index (κ2) is 2.91. The molecule has 0 aromatic carbocycles. The smallest absolute Gasteiger partial charge is 0.00322 e. The third kappa shape index (κ3) is 1.72. The number of hydrogen-bond donors (Lipinski definition) is 0. The van der Waals surface area contributed by atoms with Crippen LogP contribution in [0.5, 0.6) is 0 Å². The van der Waals surface area contributed by atoms with E-state index in [4.69, 9.17) is 0 Å². The number of likely N-dealkylation sites (tertiary alicyclic amines) is 1. The van der Waals surface area contributed by atoms with Crippen molar-refractivity contribution in [2.45, 2.75) is 33.1 Å². The summed E-state index contributed by atoms with van der Waals surface area (Å²) in [5, 5.41) is 0. The highest BCUT2D eigenvalue weighted by Crippen LogP contribution is 2.31. The Labute approximate surface area is 64.4 Å². The molecular weight excluding hydrogens is 122 g/mol. The average Bonchev–Trinajstić information content (AvgIpc) is 1.88. The van der Waals surface area contributed by atoms with Gasteiger partial charge in [-0.1, -0.05) is 13.8 Å². The molecular formula is C9H19N. The lowest BCUT2D eigenvalue weighted by Crippen LogP contribution is -2.38. The van der Waals surface area contributed by atoms with Gasteiger partial charge in [-0.3, -0.25) is 0 Å². The Bertz CT molecular complexity index is 111. The molecule has 1 aliphatic rings. The molecule has 1 heteroatoms. The van der Waals surface area contributed by atoms with Gasteiger partial charge in [0.2, 0.25) is 0 Å². The van der Waals surface area contributed by atoms with Crippen LogP contribution >= 0.6 is 0 Å². The molecule has 1 heterocycles. The molecule has 0 amide bonds. The van der Waals surface area contributed by atoms with E-state index in [1.54, 1.807) is 0 Å². The molecule has 1 aliphatic heterocycles. The molecule has 1 nitrogen and oxygen atoms in total. The van der Waals surface area contributed by atoms with E-state index in [1.165, 1.54) is 32.4 Å². The van der Waals surface area contributed by atoms with Gasteiger partial charge >= 0.3 is 0 Å². The van der Waals surface area contributed by atoms with Gasteiger partial charge in [0.25, 0.3) is 0 Å². The van der Waals surface area contributed by atoms with Crippen molar-refractivity contribution in [2.75, 3.05) is 20.1 Å². The maximum absolute atomic E-state index is 2.45. The molecule has 1 atom stereocenters. The van der Waals surface area contributed by atoms with Crippen molar-refractivity contribution in [1.82, 2.24) is 4.90 Å². The van der Waals surface area contributed by atoms with Crippen LogP contribution in [-0.2, 0) is 0 Å². The number of hydrogen-bond acceptors (Lipinski definition) is 1. The third-order valence-corrected chi connectivity index (χ3v) is 2.83. The fraction of sp³-hybridized carbons (Fsp3) is 1.00. The van der Waals surface area contributed by atoms with Gasteiger partial charge in [-0.2, -0.15) is 0 Å². The van der Waals surface area contributed by atoms with Crippen LogP contribution in [0.1, 0.15) is 33.1 Å². The van der Waals surface area contributed by atoms with Crippen molar-refractivity contribution in [3.05, 3.63) is 0 Å². The summed E-state index contributed by atoms with van der Waals surface area (Å²) in [6.07, 6.45) is 4.14. The molecule has 60 valence electrons. The fourth-order valence-electron chi connectivity index (χ4n) is 1.87. The van der Waals surface area contributed by atoms with Crippen LogP contribution in [0.4, 0.5) is 0 Å². The summed E-state index contributed by atoms with van der Waals surface area (Å²) in [6.45, 7) is 7.31. The molecule has 0 N–H and O–H groups in total. The van der Waals surface area contributed by atoms with Gasteiger partial charge in [0, 0.05) is 6.54 Å². The van der Waals surface area contributed by atoms with Crippen molar-refractivity contribution in [3.8, 4) is 0 Å². The zero-order chi connectivity index (χ0) is 7.61. The quantitative estimate of drug-likeness (QED) is 0.540. The highest BCUT2D eigenvalue weighted by Gasteiger charge is 2.26. The first-order chi connectivity index (χ1) is 4.66. The first-order valence-corrected chi connectivity index (χ1v) is 4.35. The summed E-state index contributed by atoms with van der Waals surface area (Å²) in [5.74, 6) is 0. The van der Waals surface area contributed by atoms with Crippen LogP contribution in [-0.4, -0.2) is 25.0 Å². The van der Waals surface area contributed by atoms with Crippen LogP contribution in [0.25, 0.3) is 0 Å². The van der Waals surface area contributed by atoms with Crippen molar-refractivity contribution < 1.29 is 0 Å². The summed E-state index contributed by atoms with van der Waals surface area (Å²) >= 11 is 0. The SMILES string of the molecule is CCC1(C)CCCN(C)C1. The lowest BCUT2D eigenvalue weighted by Gasteiger charge is -2.38. The first kappa shape index (κ1) is 8.06. The molecule has 1 fully saturated rings. The third-order valence-electron chi connectivity index (χ3n) is 2.83. The minimum Gasteiger partial charge on any atom is -0.306 e. The summed E-state index contributed by atoms with van der Waals surface area (Å²) < 4.78 is 0. The zero-order valence-corrected chi connectivity index (χ0v) is 7.48. The van der Waals surface area contributed by atoms with E-state index in [2.05, 4.69) is 25.8 Å². The van der Waals surface area contributed by atoms with Crippen LogP contribution in [0.3, 0.4) is 0 Å². The lowest BCUT2D eigenvalue weighted by atomic mass is 9.80. The van der Waals surface area contributed by atoms with E-state index < -0.39 is 0 Å². The van der Waals surface area contributed by atoms with Gasteiger partial charge in [0.05, 0.1) is 0 Å². The van der Waals surface area contributed by atoms with Gasteiger partial charge in [0.15, 0.2) is 0 Å². The van der Waals surface area contributed by atoms with Crippen molar-refractivity contribution in [1.29, 1.82) is 0 Å². The van der Waals surface area contributed by atoms with Crippen molar-refractivity contribution >= 4 is 0 Å². The Morgan fingerprint density at radius 2 is 2.20 bits per heavy atom. The van der Waals surface area contributed by atoms with Crippen LogP contribution in [0, 0.1) is 5.41 Å². The Hall–Kier alpha value is -0.0400. The predicted molar refractivity (Wildman–Crippen MR) is 45.1 cm³/mol. The molecule has 0 spiro atoms. The van der Waals surface area contributed by atoms with Gasteiger partial charge in [-0.15, -0.1) is 0 Å². The Morgan fingerprint density at radius 3 is 2.60 bits per heavy atom. The van der Waals surface area contributed by atoms with Crippen LogP contribution in [0.2, 0.25) is 0 Å². The molecule has 0 bridgehead atoms. The maximum Gasteiger partial charge on any atom is 0.00322 e. The Balaban J connectivity index is 2.45. The van der Waals surface area contributed by atoms with E-state index in [0.717, 1.165) is 0 Å². The van der Waals surface area contributed by atoms with Crippen molar-refractivity contribution in [3.63, 3.8) is 0 Å². The monoisotopic (exact) mass is 141 g/mol. The zero-order valence-electron chi connectivity index (χ0n) is 7.48. The molecule has 1 rings (SSSR count). The van der Waals surface area contributed by atoms with E-state index in [0.29, 0.717) is 5.41 Å². The Kier molecular flexibility index (Phi) is 2.35. The van der Waals surface area contributed by atoms with E-state index >= 15 is 0 Å². The highest BCUT2D eigenvalue weighted by atomic mass is 15.1. The molecule has 0 saturated carbocycles. The average molecular weight is 141 g/mol. The van der Waals surface area contributed by atoms with Gasteiger partial charge in [0.1, 0.15) is 0 Å². The number of piperidine rings is 1. The minimum atomic E-state index is 0.618. The normalized spacial score (nSPS) is 36.3. The topological polar surface area (TPSA) is 3.24 Å². The summed E-state index contributed by atoms with van der Waals surface area (Å²) in [5.41, 5.74) is 0.618. The van der Waals surface area contributed by atoms with Crippen LogP contribution in [0.15, 0.2) is 0 Å². The maximum atomic E-state index is 2.45. The highest BCUT2D eigenvalue weighted by molar-refractivity contribution is 4.80. The summed E-state index contributed by atoms with van der Waals surface area (Å²) in [4.78, 5) is 2.45. The fourth-order valence-corrected chi connectivity index (χ4v) is 1.87. The molecule has 1 saturated heterocycles. The largest absolute Gasteiger partial charge is 0.306 e. The van der Waals surface area contributed by atoms with Gasteiger partial charge in [-0.05, 0) is 38.3 Å². The van der Waals surface area contributed by atoms with E-state index in [9.17, 15) is 0 Å². The molecule has 0 aliphatic carbocycles. The standard InChI is InChI=1S/C9H19N/c1-4-9(2)6-5-7-10(3)8-9/h4-8H2,1-3H3. The van der Waals surface area contributed by atoms with E-state index in [-0.39, 0.29) is 0 Å². The van der Waals surface area contributed by atoms with Crippen molar-refractivity contribution in [2.24, 2.45) is 5.41 Å². The molecule has 0 radical (unpaired) electrons. The van der Waals surface area contributed by atoms with Gasteiger partial charge in [-0.25, -0.2) is 0 Å². The second-order valence-electron chi connectivity index (χ2n) is 4.01. The molecule has 1 unspecified atom stereocenters. The van der Waals surface area contributed by atoms with Crippen LogP contribution < -0.4 is 0 Å². The number of rotatable bonds is 1. The Morgan fingerprint density at radius 1 is 1.50 bits per heavy atom. The molecule has 10 heavy (non-hydrogen) atoms. The summed E-state index contributed by atoms with van der Waals surface area (Å²) in [6, 6.07) is 0. The first-order valence-electron chi connectivity index (χ1n) is 4.35. The predicted octanol–water partition coefficient (Wildman–Crippen LogP) is 2.13. The molecule has 0 aromatic heterocycles.